The molecule has 4 aromatic rings. The van der Waals surface area contributed by atoms with Gasteiger partial charge in [-0.05, 0) is 77.7 Å². The van der Waals surface area contributed by atoms with E-state index in [0.717, 1.165) is 16.7 Å². The normalized spacial score (nSPS) is 16.1. The van der Waals surface area contributed by atoms with Gasteiger partial charge in [0.05, 0.1) is 16.6 Å². The fourth-order valence-corrected chi connectivity index (χ4v) is 6.21. The summed E-state index contributed by atoms with van der Waals surface area (Å²) < 4.78 is 57.3. The lowest BCUT2D eigenvalue weighted by atomic mass is 9.96. The zero-order valence-electron chi connectivity index (χ0n) is 19.0. The van der Waals surface area contributed by atoms with Crippen molar-refractivity contribution in [3.05, 3.63) is 137 Å². The van der Waals surface area contributed by atoms with Gasteiger partial charge in [-0.25, -0.2) is 17.2 Å². The van der Waals surface area contributed by atoms with Gasteiger partial charge in [0.2, 0.25) is 0 Å². The lowest BCUT2D eigenvalue weighted by Gasteiger charge is -2.30. The largest absolute Gasteiger partial charge is 0.264 e. The molecule has 6 heteroatoms. The molecule has 0 fully saturated rings. The van der Waals surface area contributed by atoms with Crippen LogP contribution in [0.4, 0.5) is 8.78 Å². The Hall–Kier alpha value is -3.77. The number of benzene rings is 4. The lowest BCUT2D eigenvalue weighted by molar-refractivity contribution is 0.446. The van der Waals surface area contributed by atoms with Gasteiger partial charge in [0.25, 0.3) is 10.0 Å². The maximum absolute atomic E-state index is 14.2. The van der Waals surface area contributed by atoms with Gasteiger partial charge in [0, 0.05) is 6.42 Å². The van der Waals surface area contributed by atoms with Crippen molar-refractivity contribution >= 4 is 21.3 Å². The maximum Gasteiger partial charge on any atom is 0.264 e. The summed E-state index contributed by atoms with van der Waals surface area (Å²) in [7, 11) is -4.00. The van der Waals surface area contributed by atoms with Crippen LogP contribution in [-0.2, 0) is 10.0 Å². The summed E-state index contributed by atoms with van der Waals surface area (Å²) in [5.41, 5.74) is 4.28. The van der Waals surface area contributed by atoms with E-state index in [1.54, 1.807) is 48.5 Å². The molecule has 1 aliphatic rings. The molecule has 0 saturated heterocycles. The van der Waals surface area contributed by atoms with E-state index in [9.17, 15) is 17.2 Å². The quantitative estimate of drug-likeness (QED) is 0.305. The monoisotopic (exact) mass is 487 g/mol. The van der Waals surface area contributed by atoms with Crippen LogP contribution in [0.5, 0.6) is 0 Å². The first-order chi connectivity index (χ1) is 16.8. The van der Waals surface area contributed by atoms with Gasteiger partial charge < -0.3 is 0 Å². The number of halogens is 2. The Morgan fingerprint density at radius 3 is 1.83 bits per heavy atom. The van der Waals surface area contributed by atoms with E-state index in [0.29, 0.717) is 23.2 Å². The molecular formula is C29H23F2NO2S. The first-order valence-corrected chi connectivity index (χ1v) is 12.7. The van der Waals surface area contributed by atoms with E-state index in [1.165, 1.54) is 28.6 Å². The average Bonchev–Trinajstić information content (AvgIpc) is 3.27. The standard InChI is InChI=1S/C29H23F2NO2S/c1-20-7-17-26(18-8-20)35(33,34)32-28(22-5-3-2-4-6-22)19-27(21-9-13-24(30)14-10-21)29(32)23-11-15-25(31)16-12-23/h2-18,28H,19H2,1H3/t28-/m1/s1. The van der Waals surface area contributed by atoms with Crippen molar-refractivity contribution in [3.8, 4) is 0 Å². The SMILES string of the molecule is Cc1ccc(S(=O)(=O)N2C(c3ccc(F)cc3)=C(c3ccc(F)cc3)C[C@@H]2c2ccccc2)cc1. The zero-order valence-corrected chi connectivity index (χ0v) is 19.8. The van der Waals surface area contributed by atoms with Crippen molar-refractivity contribution in [2.45, 2.75) is 24.3 Å². The van der Waals surface area contributed by atoms with Crippen molar-refractivity contribution in [1.82, 2.24) is 4.31 Å². The van der Waals surface area contributed by atoms with Crippen molar-refractivity contribution in [3.63, 3.8) is 0 Å². The molecule has 176 valence electrons. The highest BCUT2D eigenvalue weighted by Gasteiger charge is 2.42. The second-order valence-corrected chi connectivity index (χ2v) is 10.4. The van der Waals surface area contributed by atoms with Gasteiger partial charge in [-0.2, -0.15) is 0 Å². The number of sulfonamides is 1. The fourth-order valence-electron chi connectivity index (χ4n) is 4.52. The van der Waals surface area contributed by atoms with Gasteiger partial charge in [0.15, 0.2) is 0 Å². The van der Waals surface area contributed by atoms with E-state index >= 15 is 0 Å². The van der Waals surface area contributed by atoms with E-state index < -0.39 is 21.9 Å². The van der Waals surface area contributed by atoms with Crippen LogP contribution in [-0.4, -0.2) is 12.7 Å². The molecular weight excluding hydrogens is 464 g/mol. The van der Waals surface area contributed by atoms with Crippen LogP contribution < -0.4 is 0 Å². The number of nitrogens with zero attached hydrogens (tertiary/aromatic N) is 1. The Morgan fingerprint density at radius 1 is 0.714 bits per heavy atom. The second-order valence-electron chi connectivity index (χ2n) is 8.59. The highest BCUT2D eigenvalue weighted by Crippen LogP contribution is 2.50. The van der Waals surface area contributed by atoms with Crippen LogP contribution in [0.25, 0.3) is 11.3 Å². The van der Waals surface area contributed by atoms with Crippen molar-refractivity contribution in [2.24, 2.45) is 0 Å². The van der Waals surface area contributed by atoms with E-state index in [4.69, 9.17) is 0 Å². The van der Waals surface area contributed by atoms with Gasteiger partial charge in [0.1, 0.15) is 11.6 Å². The number of hydrogen-bond donors (Lipinski definition) is 0. The van der Waals surface area contributed by atoms with Gasteiger partial charge in [-0.1, -0.05) is 60.2 Å². The minimum atomic E-state index is -4.00. The number of rotatable bonds is 5. The molecule has 5 rings (SSSR count). The summed E-state index contributed by atoms with van der Waals surface area (Å²) in [5.74, 6) is -0.789. The third-order valence-electron chi connectivity index (χ3n) is 6.26. The Labute approximate surface area is 204 Å². The molecule has 0 N–H and O–H groups in total. The Bertz CT molecular complexity index is 1480. The van der Waals surface area contributed by atoms with E-state index in [-0.39, 0.29) is 10.7 Å². The fraction of sp³-hybridized carbons (Fsp3) is 0.103. The smallest absolute Gasteiger partial charge is 0.258 e. The van der Waals surface area contributed by atoms with Gasteiger partial charge >= 0.3 is 0 Å². The first kappa shape index (κ1) is 23.0. The predicted molar refractivity (Wildman–Crippen MR) is 134 cm³/mol. The summed E-state index contributed by atoms with van der Waals surface area (Å²) in [6, 6.07) is 27.5. The molecule has 0 unspecified atom stereocenters. The molecule has 1 heterocycles. The third kappa shape index (κ3) is 4.37. The maximum atomic E-state index is 14.2. The molecule has 0 aromatic heterocycles. The molecule has 0 aliphatic carbocycles. The van der Waals surface area contributed by atoms with Crippen LogP contribution >= 0.6 is 0 Å². The number of aryl methyl sites for hydroxylation is 1. The zero-order chi connectivity index (χ0) is 24.6. The van der Waals surface area contributed by atoms with Crippen LogP contribution in [0.2, 0.25) is 0 Å². The second kappa shape index (κ2) is 9.12. The summed E-state index contributed by atoms with van der Waals surface area (Å²) in [5, 5.41) is 0. The van der Waals surface area contributed by atoms with Crippen LogP contribution in [0.1, 0.15) is 34.7 Å². The molecule has 35 heavy (non-hydrogen) atoms. The van der Waals surface area contributed by atoms with E-state index in [2.05, 4.69) is 0 Å². The van der Waals surface area contributed by atoms with Gasteiger partial charge in [-0.3, -0.25) is 4.31 Å². The number of hydrogen-bond acceptors (Lipinski definition) is 2. The summed E-state index contributed by atoms with van der Waals surface area (Å²) >= 11 is 0. The summed E-state index contributed by atoms with van der Waals surface area (Å²) in [4.78, 5) is 0.170. The average molecular weight is 488 g/mol. The Morgan fingerprint density at radius 2 is 1.26 bits per heavy atom. The van der Waals surface area contributed by atoms with Gasteiger partial charge in [-0.15, -0.1) is 0 Å². The minimum Gasteiger partial charge on any atom is -0.258 e. The molecule has 0 bridgehead atoms. The van der Waals surface area contributed by atoms with Crippen LogP contribution in [0.15, 0.2) is 108 Å². The molecule has 1 atom stereocenters. The summed E-state index contributed by atoms with van der Waals surface area (Å²) in [6.45, 7) is 1.90. The minimum absolute atomic E-state index is 0.170. The predicted octanol–water partition coefficient (Wildman–Crippen LogP) is 6.98. The molecule has 3 nitrogen and oxygen atoms in total. The molecule has 4 aromatic carbocycles. The Kier molecular flexibility index (Phi) is 5.99. The highest BCUT2D eigenvalue weighted by molar-refractivity contribution is 7.89. The van der Waals surface area contributed by atoms with Crippen molar-refractivity contribution < 1.29 is 17.2 Å². The van der Waals surface area contributed by atoms with E-state index in [1.807, 2.05) is 37.3 Å². The molecule has 0 amide bonds. The molecule has 1 aliphatic heterocycles. The first-order valence-electron chi connectivity index (χ1n) is 11.3. The highest BCUT2D eigenvalue weighted by atomic mass is 32.2. The van der Waals surface area contributed by atoms with Crippen LogP contribution in [0, 0.1) is 18.6 Å². The van der Waals surface area contributed by atoms with Crippen molar-refractivity contribution in [2.75, 3.05) is 0 Å². The molecule has 0 radical (unpaired) electrons. The molecule has 0 spiro atoms. The van der Waals surface area contributed by atoms with Crippen LogP contribution in [0.3, 0.4) is 0 Å². The Balaban J connectivity index is 1.78. The molecule has 0 saturated carbocycles. The van der Waals surface area contributed by atoms with Crippen molar-refractivity contribution in [1.29, 1.82) is 0 Å². The topological polar surface area (TPSA) is 37.4 Å². The summed E-state index contributed by atoms with van der Waals surface area (Å²) in [6.07, 6.45) is 0.382. The third-order valence-corrected chi connectivity index (χ3v) is 8.08. The lowest BCUT2D eigenvalue weighted by Crippen LogP contribution is -2.30.